The molecule has 0 saturated carbocycles. The van der Waals surface area contributed by atoms with E-state index in [1.807, 2.05) is 0 Å². The molecule has 2 N–H and O–H groups in total. The third-order valence-corrected chi connectivity index (χ3v) is 3.38. The molecule has 100 valence electrons. The van der Waals surface area contributed by atoms with Crippen LogP contribution >= 0.6 is 27.5 Å². The van der Waals surface area contributed by atoms with Crippen molar-refractivity contribution in [1.82, 2.24) is 9.97 Å². The largest absolute Gasteiger partial charge is 0.506 e. The zero-order valence-corrected chi connectivity index (χ0v) is 12.7. The Kier molecular flexibility index (Phi) is 4.61. The number of nitrogens with one attached hydrogen (secondary N) is 1. The smallest absolute Gasteiger partial charge is 0.161 e. The molecule has 0 aliphatic rings. The highest BCUT2D eigenvalue weighted by atomic mass is 79.9. The van der Waals surface area contributed by atoms with Gasteiger partial charge in [0, 0.05) is 18.3 Å². The number of benzene rings is 1. The van der Waals surface area contributed by atoms with Crippen LogP contribution in [-0.2, 0) is 0 Å². The molecule has 0 fully saturated rings. The molecule has 4 nitrogen and oxygen atoms in total. The van der Waals surface area contributed by atoms with Gasteiger partial charge < -0.3 is 10.4 Å². The van der Waals surface area contributed by atoms with Crippen molar-refractivity contribution in [2.45, 2.75) is 13.3 Å². The monoisotopic (exact) mass is 341 g/mol. The quantitative estimate of drug-likeness (QED) is 0.879. The van der Waals surface area contributed by atoms with Crippen LogP contribution in [0.4, 0.5) is 5.82 Å². The van der Waals surface area contributed by atoms with Crippen LogP contribution in [0, 0.1) is 0 Å². The molecule has 0 atom stereocenters. The van der Waals surface area contributed by atoms with Gasteiger partial charge in [-0.1, -0.05) is 18.5 Å². The molecule has 0 aliphatic carbocycles. The minimum Gasteiger partial charge on any atom is -0.506 e. The van der Waals surface area contributed by atoms with Gasteiger partial charge in [0.2, 0.25) is 0 Å². The van der Waals surface area contributed by atoms with Crippen LogP contribution in [0.15, 0.2) is 28.9 Å². The van der Waals surface area contributed by atoms with Crippen molar-refractivity contribution in [3.63, 3.8) is 0 Å². The molecule has 0 unspecified atom stereocenters. The van der Waals surface area contributed by atoms with Gasteiger partial charge in [-0.05, 0) is 40.5 Å². The van der Waals surface area contributed by atoms with E-state index in [1.165, 1.54) is 6.07 Å². The Morgan fingerprint density at radius 2 is 2.21 bits per heavy atom. The Hall–Kier alpha value is -1.33. The van der Waals surface area contributed by atoms with Crippen molar-refractivity contribution in [3.8, 4) is 17.1 Å². The predicted molar refractivity (Wildman–Crippen MR) is 80.6 cm³/mol. The van der Waals surface area contributed by atoms with Crippen LogP contribution in [0.25, 0.3) is 11.4 Å². The topological polar surface area (TPSA) is 58.0 Å². The minimum atomic E-state index is 0.0480. The van der Waals surface area contributed by atoms with E-state index in [-0.39, 0.29) is 10.8 Å². The molecule has 0 saturated heterocycles. The lowest BCUT2D eigenvalue weighted by molar-refractivity contribution is 0.475. The van der Waals surface area contributed by atoms with E-state index in [1.54, 1.807) is 18.3 Å². The Morgan fingerprint density at radius 1 is 1.42 bits per heavy atom. The maximum atomic E-state index is 9.41. The summed E-state index contributed by atoms with van der Waals surface area (Å²) in [6, 6.07) is 4.90. The number of hydrogen-bond acceptors (Lipinski definition) is 4. The van der Waals surface area contributed by atoms with Gasteiger partial charge in [-0.15, -0.1) is 0 Å². The average molecular weight is 343 g/mol. The number of anilines is 1. The second-order valence-electron chi connectivity index (χ2n) is 3.98. The molecule has 2 rings (SSSR count). The second-order valence-corrected chi connectivity index (χ2v) is 5.24. The van der Waals surface area contributed by atoms with Crippen molar-refractivity contribution in [1.29, 1.82) is 0 Å². The molecule has 19 heavy (non-hydrogen) atoms. The van der Waals surface area contributed by atoms with Gasteiger partial charge in [-0.3, -0.25) is 0 Å². The number of phenols is 1. The lowest BCUT2D eigenvalue weighted by Gasteiger charge is -2.08. The summed E-state index contributed by atoms with van der Waals surface area (Å²) in [5.74, 6) is 1.35. The lowest BCUT2D eigenvalue weighted by Crippen LogP contribution is -2.04. The molecule has 1 aromatic heterocycles. The molecular weight excluding hydrogens is 330 g/mol. The summed E-state index contributed by atoms with van der Waals surface area (Å²) < 4.78 is 0.814. The first-order chi connectivity index (χ1) is 9.11. The Balaban J connectivity index is 2.36. The maximum absolute atomic E-state index is 9.41. The number of nitrogens with zero attached hydrogens (tertiary/aromatic N) is 2. The molecule has 2 aromatic rings. The van der Waals surface area contributed by atoms with E-state index in [9.17, 15) is 5.11 Å². The van der Waals surface area contributed by atoms with Gasteiger partial charge in [0.1, 0.15) is 11.6 Å². The van der Waals surface area contributed by atoms with Crippen LogP contribution in [-0.4, -0.2) is 21.6 Å². The van der Waals surface area contributed by atoms with Crippen molar-refractivity contribution in [3.05, 3.63) is 33.9 Å². The van der Waals surface area contributed by atoms with E-state index in [0.29, 0.717) is 5.82 Å². The summed E-state index contributed by atoms with van der Waals surface area (Å²) in [7, 11) is 0. The van der Waals surface area contributed by atoms with Crippen molar-refractivity contribution >= 4 is 33.3 Å². The first kappa shape index (κ1) is 14.1. The molecule has 0 spiro atoms. The predicted octanol–water partition coefficient (Wildman–Crippen LogP) is 4.09. The van der Waals surface area contributed by atoms with Crippen LogP contribution in [0.1, 0.15) is 13.3 Å². The first-order valence-electron chi connectivity index (χ1n) is 5.87. The van der Waals surface area contributed by atoms with E-state index >= 15 is 0 Å². The summed E-state index contributed by atoms with van der Waals surface area (Å²) in [5, 5.41) is 12.9. The molecule has 0 aliphatic heterocycles. The summed E-state index contributed by atoms with van der Waals surface area (Å²) in [6.07, 6.45) is 2.71. The normalized spacial score (nSPS) is 10.5. The first-order valence-corrected chi connectivity index (χ1v) is 7.04. The standard InChI is InChI=1S/C13H13BrClN3O/c1-2-5-16-13-9(14)7-17-12(18-13)8-3-4-11(19)10(15)6-8/h3-4,6-7,19H,2,5H2,1H3,(H,16,17,18). The highest BCUT2D eigenvalue weighted by Crippen LogP contribution is 2.29. The second kappa shape index (κ2) is 6.21. The van der Waals surface area contributed by atoms with Gasteiger partial charge in [0.05, 0.1) is 9.50 Å². The third kappa shape index (κ3) is 3.36. The lowest BCUT2D eigenvalue weighted by atomic mass is 10.2. The molecule has 1 aromatic carbocycles. The zero-order chi connectivity index (χ0) is 13.8. The number of aromatic hydroxyl groups is 1. The highest BCUT2D eigenvalue weighted by Gasteiger charge is 2.08. The molecule has 0 amide bonds. The van der Waals surface area contributed by atoms with Crippen LogP contribution in [0.5, 0.6) is 5.75 Å². The molecule has 1 heterocycles. The van der Waals surface area contributed by atoms with E-state index < -0.39 is 0 Å². The van der Waals surface area contributed by atoms with E-state index in [4.69, 9.17) is 11.6 Å². The average Bonchev–Trinajstić information content (AvgIpc) is 2.41. The van der Waals surface area contributed by atoms with Crippen LogP contribution < -0.4 is 5.32 Å². The van der Waals surface area contributed by atoms with Gasteiger partial charge in [0.25, 0.3) is 0 Å². The van der Waals surface area contributed by atoms with Gasteiger partial charge in [0.15, 0.2) is 5.82 Å². The van der Waals surface area contributed by atoms with E-state index in [0.717, 1.165) is 28.8 Å². The fraction of sp³-hybridized carbons (Fsp3) is 0.231. The van der Waals surface area contributed by atoms with Gasteiger partial charge >= 0.3 is 0 Å². The Bertz CT molecular complexity index is 592. The highest BCUT2D eigenvalue weighted by molar-refractivity contribution is 9.10. The Morgan fingerprint density at radius 3 is 2.89 bits per heavy atom. The number of aromatic nitrogens is 2. The zero-order valence-electron chi connectivity index (χ0n) is 10.3. The molecule has 0 radical (unpaired) electrons. The van der Waals surface area contributed by atoms with Gasteiger partial charge in [-0.25, -0.2) is 9.97 Å². The summed E-state index contributed by atoms with van der Waals surface area (Å²) in [4.78, 5) is 8.69. The van der Waals surface area contributed by atoms with Crippen molar-refractivity contribution in [2.24, 2.45) is 0 Å². The number of hydrogen-bond donors (Lipinski definition) is 2. The van der Waals surface area contributed by atoms with Crippen molar-refractivity contribution in [2.75, 3.05) is 11.9 Å². The SMILES string of the molecule is CCCNc1nc(-c2ccc(O)c(Cl)c2)ncc1Br. The minimum absolute atomic E-state index is 0.0480. The maximum Gasteiger partial charge on any atom is 0.161 e. The number of phenolic OH excluding ortho intramolecular Hbond substituents is 1. The summed E-state index contributed by atoms with van der Waals surface area (Å²) in [5.41, 5.74) is 0.759. The fourth-order valence-corrected chi connectivity index (χ4v) is 2.03. The number of rotatable bonds is 4. The molecule has 0 bridgehead atoms. The summed E-state index contributed by atoms with van der Waals surface area (Å²) in [6.45, 7) is 2.92. The number of halogens is 2. The van der Waals surface area contributed by atoms with Crippen molar-refractivity contribution < 1.29 is 5.11 Å². The summed E-state index contributed by atoms with van der Waals surface area (Å²) >= 11 is 9.29. The molecular formula is C13H13BrClN3O. The third-order valence-electron chi connectivity index (χ3n) is 2.49. The van der Waals surface area contributed by atoms with Gasteiger partial charge in [-0.2, -0.15) is 0 Å². The van der Waals surface area contributed by atoms with Crippen LogP contribution in [0.2, 0.25) is 5.02 Å². The molecule has 6 heteroatoms. The van der Waals surface area contributed by atoms with Crippen LogP contribution in [0.3, 0.4) is 0 Å². The van der Waals surface area contributed by atoms with E-state index in [2.05, 4.69) is 38.1 Å². The Labute approximate surface area is 125 Å². The fourth-order valence-electron chi connectivity index (χ4n) is 1.52.